The fourth-order valence-corrected chi connectivity index (χ4v) is 1.36. The molecule has 3 heteroatoms. The van der Waals surface area contributed by atoms with Gasteiger partial charge in [0, 0.05) is 12.1 Å². The minimum atomic E-state index is 0.431. The van der Waals surface area contributed by atoms with Crippen molar-refractivity contribution < 1.29 is 0 Å². The molecule has 0 N–H and O–H groups in total. The number of halogens is 1. The second-order valence-corrected chi connectivity index (χ2v) is 3.76. The molecule has 0 fully saturated rings. The standard InChI is InChI=1S/C10H15ClN2/c1-4-5-7(2)10-12-6-9(11)8(3)13-10/h6-7H,4-5H2,1-3H3. The van der Waals surface area contributed by atoms with Crippen molar-refractivity contribution in [1.29, 1.82) is 0 Å². The molecule has 1 aromatic rings. The first-order valence-electron chi connectivity index (χ1n) is 4.64. The molecule has 0 saturated heterocycles. The molecule has 1 unspecified atom stereocenters. The van der Waals surface area contributed by atoms with Crippen LogP contribution in [0.1, 0.15) is 44.1 Å². The highest BCUT2D eigenvalue weighted by Gasteiger charge is 2.08. The highest BCUT2D eigenvalue weighted by atomic mass is 35.5. The van der Waals surface area contributed by atoms with Gasteiger partial charge in [0.15, 0.2) is 0 Å². The van der Waals surface area contributed by atoms with E-state index in [1.54, 1.807) is 6.20 Å². The lowest BCUT2D eigenvalue weighted by atomic mass is 10.1. The van der Waals surface area contributed by atoms with Gasteiger partial charge in [0.1, 0.15) is 5.82 Å². The molecule has 0 aromatic carbocycles. The predicted molar refractivity (Wildman–Crippen MR) is 55.1 cm³/mol. The van der Waals surface area contributed by atoms with E-state index in [9.17, 15) is 0 Å². The van der Waals surface area contributed by atoms with Crippen LogP contribution in [0, 0.1) is 6.92 Å². The molecule has 0 aliphatic carbocycles. The zero-order valence-corrected chi connectivity index (χ0v) is 9.10. The van der Waals surface area contributed by atoms with E-state index in [-0.39, 0.29) is 0 Å². The Morgan fingerprint density at radius 2 is 2.23 bits per heavy atom. The Bertz CT molecular complexity index is 286. The van der Waals surface area contributed by atoms with E-state index in [0.29, 0.717) is 10.9 Å². The van der Waals surface area contributed by atoms with Gasteiger partial charge < -0.3 is 0 Å². The fraction of sp³-hybridized carbons (Fsp3) is 0.600. The van der Waals surface area contributed by atoms with E-state index in [1.807, 2.05) is 6.92 Å². The van der Waals surface area contributed by atoms with Gasteiger partial charge in [0.25, 0.3) is 0 Å². The van der Waals surface area contributed by atoms with Gasteiger partial charge in [0.2, 0.25) is 0 Å². The minimum Gasteiger partial charge on any atom is -0.240 e. The second-order valence-electron chi connectivity index (χ2n) is 3.35. The Balaban J connectivity index is 2.84. The van der Waals surface area contributed by atoms with Gasteiger partial charge in [-0.25, -0.2) is 9.97 Å². The van der Waals surface area contributed by atoms with Crippen molar-refractivity contribution in [3.8, 4) is 0 Å². The first-order chi connectivity index (χ1) is 6.15. The van der Waals surface area contributed by atoms with E-state index in [4.69, 9.17) is 11.6 Å². The Morgan fingerprint density at radius 3 is 2.77 bits per heavy atom. The molecule has 2 nitrogen and oxygen atoms in total. The third kappa shape index (κ3) is 2.66. The molecule has 1 aromatic heterocycles. The molecule has 0 bridgehead atoms. The van der Waals surface area contributed by atoms with Crippen molar-refractivity contribution in [2.45, 2.75) is 39.5 Å². The largest absolute Gasteiger partial charge is 0.240 e. The van der Waals surface area contributed by atoms with E-state index >= 15 is 0 Å². The summed E-state index contributed by atoms with van der Waals surface area (Å²) in [5.41, 5.74) is 0.870. The van der Waals surface area contributed by atoms with Gasteiger partial charge in [-0.05, 0) is 13.3 Å². The summed E-state index contributed by atoms with van der Waals surface area (Å²) in [5.74, 6) is 1.34. The molecule has 0 amide bonds. The molecule has 72 valence electrons. The summed E-state index contributed by atoms with van der Waals surface area (Å²) < 4.78 is 0. The van der Waals surface area contributed by atoms with Crippen LogP contribution in [0.5, 0.6) is 0 Å². The van der Waals surface area contributed by atoms with Crippen LogP contribution in [-0.2, 0) is 0 Å². The van der Waals surface area contributed by atoms with Gasteiger partial charge in [-0.1, -0.05) is 31.9 Å². The van der Waals surface area contributed by atoms with Crippen LogP contribution in [-0.4, -0.2) is 9.97 Å². The Kier molecular flexibility index (Phi) is 3.67. The SMILES string of the molecule is CCCC(C)c1ncc(Cl)c(C)n1. The number of rotatable bonds is 3. The monoisotopic (exact) mass is 198 g/mol. The number of hydrogen-bond acceptors (Lipinski definition) is 2. The molecule has 1 rings (SSSR count). The van der Waals surface area contributed by atoms with Crippen molar-refractivity contribution in [2.24, 2.45) is 0 Å². The van der Waals surface area contributed by atoms with E-state index in [0.717, 1.165) is 24.4 Å². The molecular formula is C10H15ClN2. The topological polar surface area (TPSA) is 25.8 Å². The summed E-state index contributed by atoms with van der Waals surface area (Å²) in [6.45, 7) is 6.22. The van der Waals surface area contributed by atoms with Crippen LogP contribution < -0.4 is 0 Å². The summed E-state index contributed by atoms with van der Waals surface area (Å²) >= 11 is 5.84. The molecule has 1 heterocycles. The van der Waals surface area contributed by atoms with Gasteiger partial charge in [-0.2, -0.15) is 0 Å². The molecule has 0 radical (unpaired) electrons. The summed E-state index contributed by atoms with van der Waals surface area (Å²) in [4.78, 5) is 8.56. The average molecular weight is 199 g/mol. The van der Waals surface area contributed by atoms with Crippen LogP contribution >= 0.6 is 11.6 Å². The second kappa shape index (κ2) is 4.56. The Labute approximate surface area is 84.4 Å². The highest BCUT2D eigenvalue weighted by Crippen LogP contribution is 2.19. The van der Waals surface area contributed by atoms with E-state index < -0.39 is 0 Å². The van der Waals surface area contributed by atoms with Crippen LogP contribution in [0.25, 0.3) is 0 Å². The Hall–Kier alpha value is -0.630. The van der Waals surface area contributed by atoms with Crippen LogP contribution in [0.4, 0.5) is 0 Å². The molecule has 0 saturated carbocycles. The summed E-state index contributed by atoms with van der Waals surface area (Å²) in [5, 5.41) is 0.646. The van der Waals surface area contributed by atoms with Crippen molar-refractivity contribution in [2.75, 3.05) is 0 Å². The lowest BCUT2D eigenvalue weighted by molar-refractivity contribution is 0.624. The molecule has 0 aliphatic rings. The number of aromatic nitrogens is 2. The maximum atomic E-state index is 5.84. The zero-order valence-electron chi connectivity index (χ0n) is 8.34. The number of nitrogens with zero attached hydrogens (tertiary/aromatic N) is 2. The molecule has 0 spiro atoms. The first kappa shape index (κ1) is 10.5. The maximum Gasteiger partial charge on any atom is 0.131 e. The van der Waals surface area contributed by atoms with Gasteiger partial charge >= 0.3 is 0 Å². The number of hydrogen-bond donors (Lipinski definition) is 0. The number of aryl methyl sites for hydroxylation is 1. The average Bonchev–Trinajstić information content (AvgIpc) is 2.10. The van der Waals surface area contributed by atoms with Crippen molar-refractivity contribution >= 4 is 11.6 Å². The first-order valence-corrected chi connectivity index (χ1v) is 5.02. The van der Waals surface area contributed by atoms with Crippen LogP contribution in [0.3, 0.4) is 0 Å². The van der Waals surface area contributed by atoms with Crippen molar-refractivity contribution in [1.82, 2.24) is 9.97 Å². The third-order valence-electron chi connectivity index (χ3n) is 2.10. The van der Waals surface area contributed by atoms with Crippen molar-refractivity contribution in [3.63, 3.8) is 0 Å². The van der Waals surface area contributed by atoms with Crippen LogP contribution in [0.2, 0.25) is 5.02 Å². The Morgan fingerprint density at radius 1 is 1.54 bits per heavy atom. The normalized spacial score (nSPS) is 12.9. The molecule has 0 aliphatic heterocycles. The zero-order chi connectivity index (χ0) is 9.84. The minimum absolute atomic E-state index is 0.431. The lowest BCUT2D eigenvalue weighted by Gasteiger charge is -2.08. The third-order valence-corrected chi connectivity index (χ3v) is 2.47. The van der Waals surface area contributed by atoms with Crippen LogP contribution in [0.15, 0.2) is 6.20 Å². The van der Waals surface area contributed by atoms with Crippen molar-refractivity contribution in [3.05, 3.63) is 22.7 Å². The maximum absolute atomic E-state index is 5.84. The summed E-state index contributed by atoms with van der Waals surface area (Å²) in [6.07, 6.45) is 3.97. The molecule has 1 atom stereocenters. The lowest BCUT2D eigenvalue weighted by Crippen LogP contribution is -2.01. The van der Waals surface area contributed by atoms with E-state index in [1.165, 1.54) is 0 Å². The van der Waals surface area contributed by atoms with E-state index in [2.05, 4.69) is 23.8 Å². The van der Waals surface area contributed by atoms with Gasteiger partial charge in [-0.3, -0.25) is 0 Å². The summed E-state index contributed by atoms with van der Waals surface area (Å²) in [7, 11) is 0. The summed E-state index contributed by atoms with van der Waals surface area (Å²) in [6, 6.07) is 0. The predicted octanol–water partition coefficient (Wildman–Crippen LogP) is 3.34. The van der Waals surface area contributed by atoms with Gasteiger partial charge in [0.05, 0.1) is 10.7 Å². The quantitative estimate of drug-likeness (QED) is 0.745. The van der Waals surface area contributed by atoms with Gasteiger partial charge in [-0.15, -0.1) is 0 Å². The molecular weight excluding hydrogens is 184 g/mol. The smallest absolute Gasteiger partial charge is 0.131 e. The highest BCUT2D eigenvalue weighted by molar-refractivity contribution is 6.31. The fourth-order valence-electron chi connectivity index (χ4n) is 1.27. The molecule has 13 heavy (non-hydrogen) atoms.